The number of nitrogens with one attached hydrogen (secondary N) is 3. The highest BCUT2D eigenvalue weighted by Crippen LogP contribution is 2.28. The number of ether oxygens (including phenoxy) is 1. The molecule has 0 unspecified atom stereocenters. The predicted octanol–water partition coefficient (Wildman–Crippen LogP) is 3.55. The minimum Gasteiger partial charge on any atom is -0.495 e. The van der Waals surface area contributed by atoms with Gasteiger partial charge in [0.15, 0.2) is 5.76 Å². The molecule has 9 nitrogen and oxygen atoms in total. The molecule has 0 atom stereocenters. The fourth-order valence-corrected chi connectivity index (χ4v) is 4.41. The fourth-order valence-electron chi connectivity index (χ4n) is 3.07. The van der Waals surface area contributed by atoms with Crippen LogP contribution in [-0.4, -0.2) is 33.9 Å². The van der Waals surface area contributed by atoms with E-state index >= 15 is 0 Å². The van der Waals surface area contributed by atoms with Crippen LogP contribution in [0.2, 0.25) is 0 Å². The molecule has 174 valence electrons. The molecular weight excluding hydrogens is 446 g/mol. The van der Waals surface area contributed by atoms with Crippen LogP contribution in [0.15, 0.2) is 70.2 Å². The van der Waals surface area contributed by atoms with Crippen molar-refractivity contribution in [3.63, 3.8) is 0 Å². The molecular formula is C23H25N3O6S. The summed E-state index contributed by atoms with van der Waals surface area (Å²) >= 11 is 0. The first-order valence-corrected chi connectivity index (χ1v) is 11.7. The number of benzene rings is 2. The van der Waals surface area contributed by atoms with E-state index in [2.05, 4.69) is 15.4 Å². The SMILES string of the molecule is COc1ccccc1NS(=O)(=O)c1cc(NC(=O)CCCNC(=O)c2ccco2)ccc1C. The highest BCUT2D eigenvalue weighted by Gasteiger charge is 2.20. The van der Waals surface area contributed by atoms with Gasteiger partial charge in [-0.15, -0.1) is 0 Å². The Morgan fingerprint density at radius 1 is 1.06 bits per heavy atom. The average Bonchev–Trinajstić information content (AvgIpc) is 3.33. The molecule has 1 heterocycles. The van der Waals surface area contributed by atoms with E-state index < -0.39 is 10.0 Å². The van der Waals surface area contributed by atoms with Gasteiger partial charge >= 0.3 is 0 Å². The van der Waals surface area contributed by atoms with E-state index in [1.807, 2.05) is 0 Å². The number of carbonyl (C=O) groups excluding carboxylic acids is 2. The molecule has 0 fully saturated rings. The van der Waals surface area contributed by atoms with E-state index in [1.54, 1.807) is 55.5 Å². The van der Waals surface area contributed by atoms with E-state index in [4.69, 9.17) is 9.15 Å². The van der Waals surface area contributed by atoms with Crippen molar-refractivity contribution in [2.75, 3.05) is 23.7 Å². The Hall–Kier alpha value is -3.79. The van der Waals surface area contributed by atoms with Crippen molar-refractivity contribution in [2.24, 2.45) is 0 Å². The smallest absolute Gasteiger partial charge is 0.286 e. The number of furan rings is 1. The number of hydrogen-bond donors (Lipinski definition) is 3. The van der Waals surface area contributed by atoms with Gasteiger partial charge in [0, 0.05) is 18.7 Å². The third kappa shape index (κ3) is 6.36. The van der Waals surface area contributed by atoms with Crippen LogP contribution in [0.25, 0.3) is 0 Å². The van der Waals surface area contributed by atoms with Crippen LogP contribution in [0.4, 0.5) is 11.4 Å². The van der Waals surface area contributed by atoms with Crippen LogP contribution in [0, 0.1) is 6.92 Å². The van der Waals surface area contributed by atoms with E-state index in [-0.39, 0.29) is 28.9 Å². The molecule has 0 aliphatic carbocycles. The molecule has 33 heavy (non-hydrogen) atoms. The van der Waals surface area contributed by atoms with Gasteiger partial charge < -0.3 is 19.8 Å². The van der Waals surface area contributed by atoms with Gasteiger partial charge in [-0.05, 0) is 55.3 Å². The highest BCUT2D eigenvalue weighted by molar-refractivity contribution is 7.92. The van der Waals surface area contributed by atoms with Crippen molar-refractivity contribution in [1.82, 2.24) is 5.32 Å². The van der Waals surface area contributed by atoms with Gasteiger partial charge in [-0.2, -0.15) is 0 Å². The number of amides is 2. The van der Waals surface area contributed by atoms with Crippen LogP contribution < -0.4 is 20.1 Å². The van der Waals surface area contributed by atoms with Gasteiger partial charge in [-0.25, -0.2) is 8.42 Å². The van der Waals surface area contributed by atoms with Crippen molar-refractivity contribution >= 4 is 33.2 Å². The second-order valence-electron chi connectivity index (χ2n) is 7.17. The van der Waals surface area contributed by atoms with Gasteiger partial charge in [-0.1, -0.05) is 18.2 Å². The second-order valence-corrected chi connectivity index (χ2v) is 8.82. The van der Waals surface area contributed by atoms with Gasteiger partial charge in [0.25, 0.3) is 15.9 Å². The summed E-state index contributed by atoms with van der Waals surface area (Å²) in [6, 6.07) is 14.5. The number of aryl methyl sites for hydroxylation is 1. The van der Waals surface area contributed by atoms with Crippen LogP contribution in [0.5, 0.6) is 5.75 Å². The van der Waals surface area contributed by atoms with Crippen LogP contribution in [0.1, 0.15) is 29.0 Å². The molecule has 0 radical (unpaired) electrons. The Labute approximate surface area is 192 Å². The quantitative estimate of drug-likeness (QED) is 0.388. The van der Waals surface area contributed by atoms with Gasteiger partial charge in [0.05, 0.1) is 24.0 Å². The number of methoxy groups -OCH3 is 1. The number of rotatable bonds is 10. The number of hydrogen-bond acceptors (Lipinski definition) is 6. The molecule has 0 aliphatic heterocycles. The topological polar surface area (TPSA) is 127 Å². The Morgan fingerprint density at radius 2 is 1.85 bits per heavy atom. The molecule has 3 aromatic rings. The van der Waals surface area contributed by atoms with Gasteiger partial charge in [0.1, 0.15) is 5.75 Å². The van der Waals surface area contributed by atoms with Crippen LogP contribution in [0.3, 0.4) is 0 Å². The molecule has 0 aliphatic rings. The molecule has 3 rings (SSSR count). The van der Waals surface area contributed by atoms with Crippen molar-refractivity contribution in [1.29, 1.82) is 0 Å². The van der Waals surface area contributed by atoms with Gasteiger partial charge in [0.2, 0.25) is 5.91 Å². The van der Waals surface area contributed by atoms with Crippen LogP contribution in [-0.2, 0) is 14.8 Å². The third-order valence-electron chi connectivity index (χ3n) is 4.72. The number of anilines is 2. The van der Waals surface area contributed by atoms with Crippen molar-refractivity contribution in [3.8, 4) is 5.75 Å². The molecule has 0 saturated heterocycles. The normalized spacial score (nSPS) is 11.0. The Balaban J connectivity index is 1.60. The zero-order chi connectivity index (χ0) is 23.8. The maximum Gasteiger partial charge on any atom is 0.286 e. The van der Waals surface area contributed by atoms with E-state index in [0.29, 0.717) is 35.7 Å². The molecule has 3 N–H and O–H groups in total. The van der Waals surface area contributed by atoms with Crippen molar-refractivity contribution < 1.29 is 27.2 Å². The second kappa shape index (κ2) is 10.7. The number of carbonyl (C=O) groups is 2. The largest absolute Gasteiger partial charge is 0.495 e. The zero-order valence-corrected chi connectivity index (χ0v) is 19.1. The summed E-state index contributed by atoms with van der Waals surface area (Å²) in [4.78, 5) is 24.1. The summed E-state index contributed by atoms with van der Waals surface area (Å²) in [6.45, 7) is 1.97. The number of sulfonamides is 1. The Kier molecular flexibility index (Phi) is 7.73. The van der Waals surface area contributed by atoms with Crippen LogP contribution >= 0.6 is 0 Å². The summed E-state index contributed by atoms with van der Waals surface area (Å²) < 4.78 is 38.7. The first-order valence-electron chi connectivity index (χ1n) is 10.2. The highest BCUT2D eigenvalue weighted by atomic mass is 32.2. The first kappa shape index (κ1) is 23.9. The maximum absolute atomic E-state index is 13.0. The molecule has 2 amide bonds. The minimum atomic E-state index is -3.92. The number of para-hydroxylation sites is 2. The minimum absolute atomic E-state index is 0.0388. The standard InChI is InChI=1S/C23H25N3O6S/c1-16-11-12-17(25-22(27)10-5-13-24-23(28)20-9-6-14-32-20)15-21(16)33(29,30)26-18-7-3-4-8-19(18)31-2/h3-4,6-9,11-12,14-15,26H,5,10,13H2,1-2H3,(H,24,28)(H,25,27). The van der Waals surface area contributed by atoms with E-state index in [9.17, 15) is 18.0 Å². The summed E-state index contributed by atoms with van der Waals surface area (Å²) in [5.74, 6) is -0.0552. The summed E-state index contributed by atoms with van der Waals surface area (Å²) in [7, 11) is -2.47. The third-order valence-corrected chi connectivity index (χ3v) is 6.23. The first-order chi connectivity index (χ1) is 15.8. The lowest BCUT2D eigenvalue weighted by Crippen LogP contribution is -2.25. The lowest BCUT2D eigenvalue weighted by molar-refractivity contribution is -0.116. The molecule has 10 heteroatoms. The average molecular weight is 472 g/mol. The lowest BCUT2D eigenvalue weighted by Gasteiger charge is -2.14. The van der Waals surface area contributed by atoms with E-state index in [1.165, 1.54) is 19.4 Å². The molecule has 0 saturated carbocycles. The Morgan fingerprint density at radius 3 is 2.58 bits per heavy atom. The lowest BCUT2D eigenvalue weighted by atomic mass is 10.2. The van der Waals surface area contributed by atoms with Crippen molar-refractivity contribution in [2.45, 2.75) is 24.7 Å². The fraction of sp³-hybridized carbons (Fsp3) is 0.217. The zero-order valence-electron chi connectivity index (χ0n) is 18.3. The predicted molar refractivity (Wildman–Crippen MR) is 124 cm³/mol. The summed E-state index contributed by atoms with van der Waals surface area (Å²) in [6.07, 6.45) is 1.96. The van der Waals surface area contributed by atoms with Crippen molar-refractivity contribution in [3.05, 3.63) is 72.2 Å². The van der Waals surface area contributed by atoms with E-state index in [0.717, 1.165) is 0 Å². The summed E-state index contributed by atoms with van der Waals surface area (Å²) in [5, 5.41) is 5.36. The molecule has 1 aromatic heterocycles. The molecule has 0 bridgehead atoms. The molecule has 0 spiro atoms. The summed E-state index contributed by atoms with van der Waals surface area (Å²) in [5.41, 5.74) is 1.19. The van der Waals surface area contributed by atoms with Gasteiger partial charge in [-0.3, -0.25) is 14.3 Å². The maximum atomic E-state index is 13.0. The molecule has 2 aromatic carbocycles. The monoisotopic (exact) mass is 471 g/mol. The Bertz CT molecular complexity index is 1220.